The molecule has 1 aromatic heterocycles. The number of nitrogens with zero attached hydrogens (tertiary/aromatic N) is 4. The van der Waals surface area contributed by atoms with Crippen LogP contribution in [0.2, 0.25) is 0 Å². The monoisotopic (exact) mass is 395 g/mol. The molecule has 146 valence electrons. The predicted molar refractivity (Wildman–Crippen MR) is 112 cm³/mol. The summed E-state index contributed by atoms with van der Waals surface area (Å²) in [5.41, 5.74) is 3.29. The van der Waals surface area contributed by atoms with Crippen molar-refractivity contribution in [2.75, 3.05) is 6.54 Å². The molecule has 0 unspecified atom stereocenters. The minimum atomic E-state index is -0.302. The molecule has 1 amide bonds. The Bertz CT molecular complexity index is 895. The van der Waals surface area contributed by atoms with Gasteiger partial charge in [-0.1, -0.05) is 66.7 Å². The molecule has 0 radical (unpaired) electrons. The zero-order chi connectivity index (χ0) is 19.9. The van der Waals surface area contributed by atoms with Gasteiger partial charge in [-0.25, -0.2) is 0 Å². The maximum atomic E-state index is 12.6. The highest BCUT2D eigenvalue weighted by molar-refractivity contribution is 8.00. The van der Waals surface area contributed by atoms with Gasteiger partial charge in [-0.05, 0) is 48.4 Å². The number of tetrazole rings is 1. The number of amides is 1. The molecule has 0 aliphatic heterocycles. The van der Waals surface area contributed by atoms with E-state index < -0.39 is 0 Å². The molecule has 3 rings (SSSR count). The molecular weight excluding hydrogens is 370 g/mol. The predicted octanol–water partition coefficient (Wildman–Crippen LogP) is 3.76. The van der Waals surface area contributed by atoms with Gasteiger partial charge in [0.25, 0.3) is 0 Å². The summed E-state index contributed by atoms with van der Waals surface area (Å²) in [6.07, 6.45) is 0.970. The van der Waals surface area contributed by atoms with Crippen LogP contribution in [0.4, 0.5) is 0 Å². The summed E-state index contributed by atoms with van der Waals surface area (Å²) in [6.45, 7) is 6.66. The lowest BCUT2D eigenvalue weighted by Crippen LogP contribution is -2.34. The van der Waals surface area contributed by atoms with Gasteiger partial charge in [0.05, 0.1) is 10.9 Å². The van der Waals surface area contributed by atoms with Gasteiger partial charge in [-0.3, -0.25) is 4.79 Å². The fraction of sp³-hybridized carbons (Fsp3) is 0.333. The van der Waals surface area contributed by atoms with Gasteiger partial charge in [0.15, 0.2) is 0 Å². The summed E-state index contributed by atoms with van der Waals surface area (Å²) in [7, 11) is 0. The molecule has 6 nitrogen and oxygen atoms in total. The van der Waals surface area contributed by atoms with Crippen LogP contribution in [0, 0.1) is 6.92 Å². The van der Waals surface area contributed by atoms with E-state index in [1.807, 2.05) is 56.3 Å². The SMILES string of the molecule is CC[C@H](CNC(=O)[C@@H](C)Sc1nnnn1-c1ccc(C)cc1)c1ccccc1. The number of rotatable bonds is 8. The van der Waals surface area contributed by atoms with E-state index in [-0.39, 0.29) is 11.2 Å². The van der Waals surface area contributed by atoms with Crippen LogP contribution in [0.1, 0.15) is 37.3 Å². The summed E-state index contributed by atoms with van der Waals surface area (Å²) in [5.74, 6) is 0.290. The van der Waals surface area contributed by atoms with E-state index in [0.29, 0.717) is 17.6 Å². The van der Waals surface area contributed by atoms with Crippen LogP contribution in [-0.2, 0) is 4.79 Å². The lowest BCUT2D eigenvalue weighted by Gasteiger charge is -2.18. The second-order valence-electron chi connectivity index (χ2n) is 6.73. The van der Waals surface area contributed by atoms with Gasteiger partial charge in [0, 0.05) is 12.5 Å². The van der Waals surface area contributed by atoms with E-state index in [0.717, 1.165) is 12.1 Å². The maximum absolute atomic E-state index is 12.6. The normalized spacial score (nSPS) is 13.1. The maximum Gasteiger partial charge on any atom is 0.233 e. The largest absolute Gasteiger partial charge is 0.355 e. The number of hydrogen-bond donors (Lipinski definition) is 1. The summed E-state index contributed by atoms with van der Waals surface area (Å²) in [5, 5.41) is 15.3. The van der Waals surface area contributed by atoms with E-state index in [1.54, 1.807) is 4.68 Å². The molecule has 0 bridgehead atoms. The quantitative estimate of drug-likeness (QED) is 0.588. The highest BCUT2D eigenvalue weighted by atomic mass is 32.2. The first-order valence-corrected chi connectivity index (χ1v) is 10.3. The standard InChI is InChI=1S/C21H25N5OS/c1-4-17(18-8-6-5-7-9-18)14-22-20(27)16(3)28-21-23-24-25-26(21)19-12-10-15(2)11-13-19/h5-13,16-17H,4,14H2,1-3H3,(H,22,27)/t16-,17-/m1/s1. The fourth-order valence-electron chi connectivity index (χ4n) is 2.90. The highest BCUT2D eigenvalue weighted by Gasteiger charge is 2.20. The van der Waals surface area contributed by atoms with Crippen molar-refractivity contribution < 1.29 is 4.79 Å². The molecule has 2 atom stereocenters. The van der Waals surface area contributed by atoms with Crippen molar-refractivity contribution in [3.63, 3.8) is 0 Å². The van der Waals surface area contributed by atoms with E-state index in [4.69, 9.17) is 0 Å². The number of benzene rings is 2. The second kappa shape index (κ2) is 9.50. The number of carbonyl (C=O) groups is 1. The summed E-state index contributed by atoms with van der Waals surface area (Å²) in [4.78, 5) is 12.6. The summed E-state index contributed by atoms with van der Waals surface area (Å²) < 4.78 is 1.66. The zero-order valence-electron chi connectivity index (χ0n) is 16.4. The molecule has 1 heterocycles. The Morgan fingerprint density at radius 3 is 2.54 bits per heavy atom. The fourth-order valence-corrected chi connectivity index (χ4v) is 3.73. The Morgan fingerprint density at radius 1 is 1.14 bits per heavy atom. The lowest BCUT2D eigenvalue weighted by molar-refractivity contribution is -0.120. The van der Waals surface area contributed by atoms with Gasteiger partial charge in [0.2, 0.25) is 11.1 Å². The van der Waals surface area contributed by atoms with Crippen molar-refractivity contribution in [2.24, 2.45) is 0 Å². The average molecular weight is 396 g/mol. The number of aromatic nitrogens is 4. The second-order valence-corrected chi connectivity index (χ2v) is 8.04. The third kappa shape index (κ3) is 4.98. The van der Waals surface area contributed by atoms with E-state index in [9.17, 15) is 4.79 Å². The van der Waals surface area contributed by atoms with Gasteiger partial charge >= 0.3 is 0 Å². The first kappa shape index (κ1) is 20.1. The van der Waals surface area contributed by atoms with Crippen LogP contribution in [0.5, 0.6) is 0 Å². The number of hydrogen-bond acceptors (Lipinski definition) is 5. The number of carbonyl (C=O) groups excluding carboxylic acids is 1. The molecule has 0 aliphatic rings. The summed E-state index contributed by atoms with van der Waals surface area (Å²) in [6, 6.07) is 18.2. The van der Waals surface area contributed by atoms with Crippen LogP contribution in [0.25, 0.3) is 5.69 Å². The smallest absolute Gasteiger partial charge is 0.233 e. The van der Waals surface area contributed by atoms with E-state index in [2.05, 4.69) is 39.9 Å². The van der Waals surface area contributed by atoms with Crippen LogP contribution in [-0.4, -0.2) is 37.9 Å². The molecule has 0 saturated carbocycles. The molecule has 1 N–H and O–H groups in total. The number of thioether (sulfide) groups is 1. The van der Waals surface area contributed by atoms with Crippen molar-refractivity contribution in [3.8, 4) is 5.69 Å². The molecule has 0 fully saturated rings. The topological polar surface area (TPSA) is 72.7 Å². The first-order chi connectivity index (χ1) is 13.6. The highest BCUT2D eigenvalue weighted by Crippen LogP contribution is 2.24. The molecule has 3 aromatic rings. The molecule has 0 aliphatic carbocycles. The van der Waals surface area contributed by atoms with E-state index in [1.165, 1.54) is 22.9 Å². The van der Waals surface area contributed by atoms with Crippen LogP contribution in [0.3, 0.4) is 0 Å². The Morgan fingerprint density at radius 2 is 1.86 bits per heavy atom. The van der Waals surface area contributed by atoms with Gasteiger partial charge < -0.3 is 5.32 Å². The Kier molecular flexibility index (Phi) is 6.81. The third-order valence-corrected chi connectivity index (χ3v) is 5.69. The average Bonchev–Trinajstić information content (AvgIpc) is 3.17. The Hall–Kier alpha value is -2.67. The van der Waals surface area contributed by atoms with Crippen molar-refractivity contribution in [1.82, 2.24) is 25.5 Å². The van der Waals surface area contributed by atoms with Crippen molar-refractivity contribution in [2.45, 2.75) is 43.5 Å². The van der Waals surface area contributed by atoms with Crippen molar-refractivity contribution in [3.05, 3.63) is 65.7 Å². The van der Waals surface area contributed by atoms with Gasteiger partial charge in [-0.15, -0.1) is 5.10 Å². The minimum Gasteiger partial charge on any atom is -0.355 e. The minimum absolute atomic E-state index is 0.0159. The molecule has 28 heavy (non-hydrogen) atoms. The molecule has 7 heteroatoms. The Labute approximate surface area is 169 Å². The molecule has 0 saturated heterocycles. The molecule has 2 aromatic carbocycles. The van der Waals surface area contributed by atoms with Crippen molar-refractivity contribution >= 4 is 17.7 Å². The van der Waals surface area contributed by atoms with Crippen LogP contribution >= 0.6 is 11.8 Å². The lowest BCUT2D eigenvalue weighted by atomic mass is 9.96. The number of aryl methyl sites for hydroxylation is 1. The number of nitrogens with one attached hydrogen (secondary N) is 1. The first-order valence-electron chi connectivity index (χ1n) is 9.43. The van der Waals surface area contributed by atoms with Gasteiger partial charge in [0.1, 0.15) is 0 Å². The third-order valence-electron chi connectivity index (χ3n) is 4.66. The van der Waals surface area contributed by atoms with Crippen LogP contribution in [0.15, 0.2) is 59.8 Å². The summed E-state index contributed by atoms with van der Waals surface area (Å²) >= 11 is 1.35. The zero-order valence-corrected chi connectivity index (χ0v) is 17.2. The Balaban J connectivity index is 1.60. The molecular formula is C21H25N5OS. The van der Waals surface area contributed by atoms with Crippen LogP contribution < -0.4 is 5.32 Å². The molecule has 0 spiro atoms. The van der Waals surface area contributed by atoms with Crippen molar-refractivity contribution in [1.29, 1.82) is 0 Å². The van der Waals surface area contributed by atoms with Gasteiger partial charge in [-0.2, -0.15) is 4.68 Å². The van der Waals surface area contributed by atoms with E-state index >= 15 is 0 Å².